The smallest absolute Gasteiger partial charge is 0.354 e. The Morgan fingerprint density at radius 2 is 2.42 bits per heavy atom. The lowest BCUT2D eigenvalue weighted by molar-refractivity contribution is 0.0690. The zero-order chi connectivity index (χ0) is 13.8. The van der Waals surface area contributed by atoms with Gasteiger partial charge in [0.15, 0.2) is 0 Å². The van der Waals surface area contributed by atoms with Crippen molar-refractivity contribution in [3.8, 4) is 0 Å². The van der Waals surface area contributed by atoms with Crippen LogP contribution in [0.1, 0.15) is 30.8 Å². The molecule has 1 aromatic heterocycles. The Labute approximate surface area is 113 Å². The number of aromatic nitrogens is 1. The molecule has 0 saturated carbocycles. The third-order valence-electron chi connectivity index (χ3n) is 3.62. The Kier molecular flexibility index (Phi) is 4.37. The normalized spacial score (nSPS) is 19.8. The summed E-state index contributed by atoms with van der Waals surface area (Å²) in [5, 5.41) is 12.2. The summed E-state index contributed by atoms with van der Waals surface area (Å²) in [4.78, 5) is 17.1. The number of anilines is 1. The minimum atomic E-state index is -0.990. The molecule has 1 aliphatic heterocycles. The molecule has 2 heterocycles. The Morgan fingerprint density at radius 3 is 3.05 bits per heavy atom. The summed E-state index contributed by atoms with van der Waals surface area (Å²) in [6.07, 6.45) is 2.73. The number of rotatable bonds is 5. The molecule has 1 saturated heterocycles. The number of carbonyl (C=O) groups is 1. The lowest BCUT2D eigenvalue weighted by Crippen LogP contribution is -2.29. The van der Waals surface area contributed by atoms with Gasteiger partial charge in [0.05, 0.1) is 0 Å². The zero-order valence-electron chi connectivity index (χ0n) is 11.5. The SMILES string of the molecule is CC(C)N1CCC(CNc2ccnc(C(=O)O)c2)C1. The van der Waals surface area contributed by atoms with E-state index in [4.69, 9.17) is 5.11 Å². The average Bonchev–Trinajstić information content (AvgIpc) is 2.85. The average molecular weight is 263 g/mol. The van der Waals surface area contributed by atoms with E-state index in [2.05, 4.69) is 29.0 Å². The van der Waals surface area contributed by atoms with Crippen LogP contribution in [0.15, 0.2) is 18.3 Å². The molecule has 1 aliphatic rings. The topological polar surface area (TPSA) is 65.5 Å². The fraction of sp³-hybridized carbons (Fsp3) is 0.571. The molecule has 1 aromatic rings. The Hall–Kier alpha value is -1.62. The summed E-state index contributed by atoms with van der Waals surface area (Å²) in [6.45, 7) is 7.59. The third kappa shape index (κ3) is 3.67. The first kappa shape index (κ1) is 13.8. The minimum Gasteiger partial charge on any atom is -0.477 e. The monoisotopic (exact) mass is 263 g/mol. The van der Waals surface area contributed by atoms with Gasteiger partial charge in [-0.25, -0.2) is 9.78 Å². The summed E-state index contributed by atoms with van der Waals surface area (Å²) < 4.78 is 0. The van der Waals surface area contributed by atoms with Crippen molar-refractivity contribution in [3.63, 3.8) is 0 Å². The molecule has 104 valence electrons. The van der Waals surface area contributed by atoms with Crippen molar-refractivity contribution in [1.82, 2.24) is 9.88 Å². The number of nitrogens with one attached hydrogen (secondary N) is 1. The fourth-order valence-corrected chi connectivity index (χ4v) is 2.42. The minimum absolute atomic E-state index is 0.0835. The number of pyridine rings is 1. The molecule has 0 spiro atoms. The number of nitrogens with zero attached hydrogens (tertiary/aromatic N) is 2. The maximum Gasteiger partial charge on any atom is 0.354 e. The first-order valence-corrected chi connectivity index (χ1v) is 6.73. The number of carboxylic acids is 1. The van der Waals surface area contributed by atoms with E-state index in [9.17, 15) is 4.79 Å². The van der Waals surface area contributed by atoms with Crippen LogP contribution in [0.5, 0.6) is 0 Å². The first-order chi connectivity index (χ1) is 9.06. The summed E-state index contributed by atoms with van der Waals surface area (Å²) in [7, 11) is 0. The second kappa shape index (κ2) is 6.02. The van der Waals surface area contributed by atoms with E-state index in [1.165, 1.54) is 12.6 Å². The van der Waals surface area contributed by atoms with Gasteiger partial charge in [-0.1, -0.05) is 0 Å². The van der Waals surface area contributed by atoms with Crippen molar-refractivity contribution in [2.45, 2.75) is 26.3 Å². The number of aromatic carboxylic acids is 1. The molecule has 0 amide bonds. The molecule has 2 rings (SSSR count). The lowest BCUT2D eigenvalue weighted by atomic mass is 10.1. The van der Waals surface area contributed by atoms with Gasteiger partial charge in [-0.2, -0.15) is 0 Å². The highest BCUT2D eigenvalue weighted by Crippen LogP contribution is 2.19. The van der Waals surface area contributed by atoms with Crippen molar-refractivity contribution in [3.05, 3.63) is 24.0 Å². The van der Waals surface area contributed by atoms with Gasteiger partial charge in [0, 0.05) is 31.0 Å². The fourth-order valence-electron chi connectivity index (χ4n) is 2.42. The molecule has 1 fully saturated rings. The van der Waals surface area contributed by atoms with Gasteiger partial charge in [-0.05, 0) is 44.9 Å². The second-order valence-electron chi connectivity index (χ2n) is 5.36. The second-order valence-corrected chi connectivity index (χ2v) is 5.36. The Morgan fingerprint density at radius 1 is 1.63 bits per heavy atom. The van der Waals surface area contributed by atoms with Crippen molar-refractivity contribution in [2.24, 2.45) is 5.92 Å². The van der Waals surface area contributed by atoms with Gasteiger partial charge in [-0.15, -0.1) is 0 Å². The van der Waals surface area contributed by atoms with Crippen LogP contribution in [0.25, 0.3) is 0 Å². The van der Waals surface area contributed by atoms with Gasteiger partial charge < -0.3 is 15.3 Å². The van der Waals surface area contributed by atoms with Gasteiger partial charge in [0.2, 0.25) is 0 Å². The van der Waals surface area contributed by atoms with Crippen molar-refractivity contribution < 1.29 is 9.90 Å². The summed E-state index contributed by atoms with van der Waals surface area (Å²) >= 11 is 0. The van der Waals surface area contributed by atoms with E-state index in [1.54, 1.807) is 6.07 Å². The predicted octanol–water partition coefficient (Wildman–Crippen LogP) is 1.92. The quantitative estimate of drug-likeness (QED) is 0.849. The highest BCUT2D eigenvalue weighted by atomic mass is 16.4. The molecule has 1 unspecified atom stereocenters. The van der Waals surface area contributed by atoms with E-state index in [0.29, 0.717) is 12.0 Å². The first-order valence-electron chi connectivity index (χ1n) is 6.73. The molecule has 0 bridgehead atoms. The van der Waals surface area contributed by atoms with E-state index < -0.39 is 5.97 Å². The summed E-state index contributed by atoms with van der Waals surface area (Å²) in [5.41, 5.74) is 0.913. The van der Waals surface area contributed by atoms with Crippen LogP contribution in [-0.4, -0.2) is 46.6 Å². The molecule has 5 nitrogen and oxygen atoms in total. The van der Waals surface area contributed by atoms with E-state index in [1.807, 2.05) is 6.07 Å². The maximum absolute atomic E-state index is 10.8. The molecule has 0 aromatic carbocycles. The molecule has 0 aliphatic carbocycles. The predicted molar refractivity (Wildman–Crippen MR) is 74.5 cm³/mol. The molecule has 0 radical (unpaired) electrons. The Bertz CT molecular complexity index is 448. The number of likely N-dealkylation sites (tertiary alicyclic amines) is 1. The molecule has 19 heavy (non-hydrogen) atoms. The van der Waals surface area contributed by atoms with Gasteiger partial charge in [0.25, 0.3) is 0 Å². The number of hydrogen-bond donors (Lipinski definition) is 2. The molecule has 5 heteroatoms. The highest BCUT2D eigenvalue weighted by molar-refractivity contribution is 5.86. The lowest BCUT2D eigenvalue weighted by Gasteiger charge is -2.20. The molecule has 2 N–H and O–H groups in total. The standard InChI is InChI=1S/C14H21N3O2/c1-10(2)17-6-4-11(9-17)8-16-12-3-5-15-13(7-12)14(18)19/h3,5,7,10-11H,4,6,8-9H2,1-2H3,(H,15,16)(H,18,19). The van der Waals surface area contributed by atoms with Gasteiger partial charge >= 0.3 is 5.97 Å². The molecular weight excluding hydrogens is 242 g/mol. The maximum atomic E-state index is 10.8. The van der Waals surface area contributed by atoms with Crippen LogP contribution in [0.2, 0.25) is 0 Å². The van der Waals surface area contributed by atoms with Crippen molar-refractivity contribution >= 4 is 11.7 Å². The molecular formula is C14H21N3O2. The highest BCUT2D eigenvalue weighted by Gasteiger charge is 2.23. The van der Waals surface area contributed by atoms with Crippen LogP contribution in [0, 0.1) is 5.92 Å². The van der Waals surface area contributed by atoms with E-state index >= 15 is 0 Å². The third-order valence-corrected chi connectivity index (χ3v) is 3.62. The van der Waals surface area contributed by atoms with Crippen molar-refractivity contribution in [2.75, 3.05) is 25.0 Å². The molecule has 1 atom stereocenters. The zero-order valence-corrected chi connectivity index (χ0v) is 11.5. The van der Waals surface area contributed by atoms with Gasteiger partial charge in [-0.3, -0.25) is 0 Å². The van der Waals surface area contributed by atoms with Crippen LogP contribution in [-0.2, 0) is 0 Å². The summed E-state index contributed by atoms with van der Waals surface area (Å²) in [5.74, 6) is -0.362. The van der Waals surface area contributed by atoms with Crippen LogP contribution >= 0.6 is 0 Å². The van der Waals surface area contributed by atoms with E-state index in [0.717, 1.165) is 25.3 Å². The number of hydrogen-bond acceptors (Lipinski definition) is 4. The van der Waals surface area contributed by atoms with E-state index in [-0.39, 0.29) is 5.69 Å². The Balaban J connectivity index is 1.86. The summed E-state index contributed by atoms with van der Waals surface area (Å²) in [6, 6.07) is 3.99. The van der Waals surface area contributed by atoms with Crippen LogP contribution in [0.4, 0.5) is 5.69 Å². The van der Waals surface area contributed by atoms with Gasteiger partial charge in [0.1, 0.15) is 5.69 Å². The largest absolute Gasteiger partial charge is 0.477 e. The van der Waals surface area contributed by atoms with Crippen molar-refractivity contribution in [1.29, 1.82) is 0 Å². The van der Waals surface area contributed by atoms with Crippen LogP contribution in [0.3, 0.4) is 0 Å². The van der Waals surface area contributed by atoms with Crippen LogP contribution < -0.4 is 5.32 Å². The number of carboxylic acid groups (broad SMARTS) is 1.